The van der Waals surface area contributed by atoms with Crippen LogP contribution < -0.4 is 0 Å². The van der Waals surface area contributed by atoms with Crippen LogP contribution in [0.1, 0.15) is 54.7 Å². The maximum Gasteiger partial charge on any atom is 0.159 e. The molecule has 0 unspecified atom stereocenters. The maximum atomic E-state index is 11.4. The molecule has 0 aliphatic heterocycles. The standard InChI is InChI=1S/C14H20O/c1-5-11-8-13(10(4)15)9-12(6-2)14(11)7-3/h8-9H,5-7H2,1-4H3. The highest BCUT2D eigenvalue weighted by Gasteiger charge is 2.09. The van der Waals surface area contributed by atoms with Crippen molar-refractivity contribution >= 4 is 5.78 Å². The lowest BCUT2D eigenvalue weighted by molar-refractivity contribution is 0.101. The summed E-state index contributed by atoms with van der Waals surface area (Å²) in [6.07, 6.45) is 3.08. The van der Waals surface area contributed by atoms with Crippen molar-refractivity contribution in [2.45, 2.75) is 47.0 Å². The first-order valence-electron chi connectivity index (χ1n) is 5.79. The van der Waals surface area contributed by atoms with E-state index in [2.05, 4.69) is 32.9 Å². The minimum atomic E-state index is 0.169. The molecule has 1 aromatic carbocycles. The van der Waals surface area contributed by atoms with Crippen LogP contribution in [0.25, 0.3) is 0 Å². The molecule has 0 radical (unpaired) electrons. The molecular weight excluding hydrogens is 184 g/mol. The second-order valence-electron chi connectivity index (χ2n) is 3.89. The van der Waals surface area contributed by atoms with Gasteiger partial charge in [0.2, 0.25) is 0 Å². The molecule has 0 heterocycles. The van der Waals surface area contributed by atoms with E-state index in [4.69, 9.17) is 0 Å². The van der Waals surface area contributed by atoms with E-state index in [9.17, 15) is 4.79 Å². The molecule has 0 fully saturated rings. The van der Waals surface area contributed by atoms with Crippen LogP contribution in [0.5, 0.6) is 0 Å². The molecule has 0 spiro atoms. The summed E-state index contributed by atoms with van der Waals surface area (Å²) in [5.41, 5.74) is 4.97. The van der Waals surface area contributed by atoms with Gasteiger partial charge in [-0.05, 0) is 55.0 Å². The second kappa shape index (κ2) is 5.11. The Labute approximate surface area is 92.5 Å². The number of benzene rings is 1. The van der Waals surface area contributed by atoms with Gasteiger partial charge in [-0.15, -0.1) is 0 Å². The Morgan fingerprint density at radius 2 is 1.47 bits per heavy atom. The van der Waals surface area contributed by atoms with E-state index in [-0.39, 0.29) is 5.78 Å². The Morgan fingerprint density at radius 1 is 1.00 bits per heavy atom. The number of aryl methyl sites for hydroxylation is 2. The van der Waals surface area contributed by atoms with Gasteiger partial charge in [0.25, 0.3) is 0 Å². The van der Waals surface area contributed by atoms with Gasteiger partial charge < -0.3 is 0 Å². The molecule has 0 bridgehead atoms. The highest BCUT2D eigenvalue weighted by Crippen LogP contribution is 2.20. The predicted octanol–water partition coefficient (Wildman–Crippen LogP) is 3.58. The van der Waals surface area contributed by atoms with Crippen LogP contribution in [0.4, 0.5) is 0 Å². The van der Waals surface area contributed by atoms with E-state index >= 15 is 0 Å². The summed E-state index contributed by atoms with van der Waals surface area (Å²) in [6, 6.07) is 4.11. The first kappa shape index (κ1) is 12.0. The van der Waals surface area contributed by atoms with Crippen molar-refractivity contribution < 1.29 is 4.79 Å². The Bertz CT molecular complexity index is 339. The van der Waals surface area contributed by atoms with Gasteiger partial charge in [-0.1, -0.05) is 20.8 Å². The summed E-state index contributed by atoms with van der Waals surface area (Å²) >= 11 is 0. The van der Waals surface area contributed by atoms with E-state index in [0.29, 0.717) is 0 Å². The Balaban J connectivity index is 3.35. The monoisotopic (exact) mass is 204 g/mol. The van der Waals surface area contributed by atoms with Gasteiger partial charge in [-0.2, -0.15) is 0 Å². The minimum absolute atomic E-state index is 0.169. The average molecular weight is 204 g/mol. The Morgan fingerprint density at radius 3 is 1.73 bits per heavy atom. The summed E-state index contributed by atoms with van der Waals surface area (Å²) in [5, 5.41) is 0. The van der Waals surface area contributed by atoms with Gasteiger partial charge in [0.15, 0.2) is 5.78 Å². The molecule has 0 saturated carbocycles. The van der Waals surface area contributed by atoms with Crippen LogP contribution in [-0.4, -0.2) is 5.78 Å². The minimum Gasteiger partial charge on any atom is -0.295 e. The lowest BCUT2D eigenvalue weighted by Crippen LogP contribution is -2.03. The van der Waals surface area contributed by atoms with Gasteiger partial charge in [-0.3, -0.25) is 4.79 Å². The molecule has 0 N–H and O–H groups in total. The van der Waals surface area contributed by atoms with Crippen molar-refractivity contribution in [3.8, 4) is 0 Å². The zero-order valence-corrected chi connectivity index (χ0v) is 10.2. The topological polar surface area (TPSA) is 17.1 Å². The molecule has 0 aliphatic rings. The van der Waals surface area contributed by atoms with Crippen molar-refractivity contribution in [2.24, 2.45) is 0 Å². The summed E-state index contributed by atoms with van der Waals surface area (Å²) in [5.74, 6) is 0.169. The third kappa shape index (κ3) is 2.47. The van der Waals surface area contributed by atoms with Gasteiger partial charge >= 0.3 is 0 Å². The Hall–Kier alpha value is -1.11. The van der Waals surface area contributed by atoms with E-state index in [1.54, 1.807) is 6.92 Å². The molecule has 82 valence electrons. The van der Waals surface area contributed by atoms with Crippen LogP contribution in [0.3, 0.4) is 0 Å². The third-order valence-corrected chi connectivity index (χ3v) is 2.96. The third-order valence-electron chi connectivity index (χ3n) is 2.96. The van der Waals surface area contributed by atoms with Gasteiger partial charge in [0.05, 0.1) is 0 Å². The van der Waals surface area contributed by atoms with Crippen molar-refractivity contribution in [1.82, 2.24) is 0 Å². The van der Waals surface area contributed by atoms with Crippen molar-refractivity contribution in [3.63, 3.8) is 0 Å². The van der Waals surface area contributed by atoms with Crippen LogP contribution in [0.15, 0.2) is 12.1 Å². The molecule has 1 heteroatoms. The first-order valence-corrected chi connectivity index (χ1v) is 5.79. The maximum absolute atomic E-state index is 11.4. The first-order chi connectivity index (χ1) is 7.13. The molecule has 0 aromatic heterocycles. The van der Waals surface area contributed by atoms with Gasteiger partial charge in [0, 0.05) is 5.56 Å². The molecule has 1 nitrogen and oxygen atoms in total. The fourth-order valence-electron chi connectivity index (χ4n) is 2.09. The molecule has 0 saturated heterocycles. The zero-order valence-electron chi connectivity index (χ0n) is 10.2. The SMILES string of the molecule is CCc1cc(C(C)=O)cc(CC)c1CC. The van der Waals surface area contributed by atoms with Crippen LogP contribution in [0, 0.1) is 0 Å². The molecule has 1 aromatic rings. The van der Waals surface area contributed by atoms with E-state index < -0.39 is 0 Å². The largest absolute Gasteiger partial charge is 0.295 e. The fraction of sp³-hybridized carbons (Fsp3) is 0.500. The van der Waals surface area contributed by atoms with Crippen LogP contribution in [0.2, 0.25) is 0 Å². The number of carbonyl (C=O) groups is 1. The summed E-state index contributed by atoms with van der Waals surface area (Å²) in [4.78, 5) is 11.4. The normalized spacial score (nSPS) is 10.4. The van der Waals surface area contributed by atoms with Gasteiger partial charge in [-0.25, -0.2) is 0 Å². The lowest BCUT2D eigenvalue weighted by Gasteiger charge is -2.13. The van der Waals surface area contributed by atoms with E-state index in [1.807, 2.05) is 0 Å². The van der Waals surface area contributed by atoms with Crippen LogP contribution in [-0.2, 0) is 19.3 Å². The predicted molar refractivity (Wildman–Crippen MR) is 64.6 cm³/mol. The average Bonchev–Trinajstić information content (AvgIpc) is 2.26. The Kier molecular flexibility index (Phi) is 4.07. The number of ketones is 1. The number of hydrogen-bond donors (Lipinski definition) is 0. The summed E-state index contributed by atoms with van der Waals surface area (Å²) < 4.78 is 0. The van der Waals surface area contributed by atoms with E-state index in [1.165, 1.54) is 16.7 Å². The number of carbonyl (C=O) groups excluding carboxylic acids is 1. The smallest absolute Gasteiger partial charge is 0.159 e. The zero-order chi connectivity index (χ0) is 11.4. The molecule has 0 amide bonds. The number of Topliss-reactive ketones (excluding diaryl/α,β-unsaturated/α-hetero) is 1. The van der Waals surface area contributed by atoms with Crippen molar-refractivity contribution in [1.29, 1.82) is 0 Å². The number of rotatable bonds is 4. The van der Waals surface area contributed by atoms with Crippen LogP contribution >= 0.6 is 0 Å². The quantitative estimate of drug-likeness (QED) is 0.685. The molecule has 0 atom stereocenters. The van der Waals surface area contributed by atoms with Gasteiger partial charge in [0.1, 0.15) is 0 Å². The summed E-state index contributed by atoms with van der Waals surface area (Å²) in [7, 11) is 0. The molecule has 0 aliphatic carbocycles. The number of hydrogen-bond acceptors (Lipinski definition) is 1. The second-order valence-corrected chi connectivity index (χ2v) is 3.89. The molecule has 15 heavy (non-hydrogen) atoms. The highest BCUT2D eigenvalue weighted by molar-refractivity contribution is 5.94. The molecular formula is C14H20O. The highest BCUT2D eigenvalue weighted by atomic mass is 16.1. The van der Waals surface area contributed by atoms with Crippen molar-refractivity contribution in [2.75, 3.05) is 0 Å². The fourth-order valence-corrected chi connectivity index (χ4v) is 2.09. The van der Waals surface area contributed by atoms with E-state index in [0.717, 1.165) is 24.8 Å². The lowest BCUT2D eigenvalue weighted by atomic mass is 9.92. The molecule has 1 rings (SSSR count). The summed E-state index contributed by atoms with van der Waals surface area (Å²) in [6.45, 7) is 8.12. The van der Waals surface area contributed by atoms with Crippen molar-refractivity contribution in [3.05, 3.63) is 34.4 Å².